The highest BCUT2D eigenvalue weighted by Crippen LogP contribution is 2.31. The fraction of sp³-hybridized carbons (Fsp3) is 0.571. The number of nitrogens with zero attached hydrogens (tertiary/aromatic N) is 2. The van der Waals surface area contributed by atoms with E-state index >= 15 is 0 Å². The largest absolute Gasteiger partial charge is 0.478 e. The Morgan fingerprint density at radius 3 is 2.44 bits per heavy atom. The monoisotopic (exact) mass is 248 g/mol. The van der Waals surface area contributed by atoms with Crippen molar-refractivity contribution < 1.29 is 9.90 Å². The lowest BCUT2D eigenvalue weighted by atomic mass is 9.90. The zero-order chi connectivity index (χ0) is 13.5. The Labute approximate surface area is 108 Å². The van der Waals surface area contributed by atoms with Gasteiger partial charge in [0.15, 0.2) is 0 Å². The summed E-state index contributed by atoms with van der Waals surface area (Å²) < 4.78 is 0. The van der Waals surface area contributed by atoms with Gasteiger partial charge in [-0.2, -0.15) is 0 Å². The smallest absolute Gasteiger partial charge is 0.335 e. The van der Waals surface area contributed by atoms with E-state index in [1.165, 1.54) is 12.8 Å². The average molecular weight is 248 g/mol. The fourth-order valence-electron chi connectivity index (χ4n) is 1.85. The van der Waals surface area contributed by atoms with Crippen LogP contribution in [0.1, 0.15) is 49.7 Å². The van der Waals surface area contributed by atoms with E-state index in [0.717, 1.165) is 11.5 Å². The van der Waals surface area contributed by atoms with Crippen LogP contribution >= 0.6 is 0 Å². The molecule has 1 saturated carbocycles. The molecule has 1 aromatic heterocycles. The Kier molecular flexibility index (Phi) is 3.05. The van der Waals surface area contributed by atoms with Gasteiger partial charge in [0.1, 0.15) is 5.82 Å². The van der Waals surface area contributed by atoms with Crippen LogP contribution in [-0.2, 0) is 5.41 Å². The first-order valence-corrected chi connectivity index (χ1v) is 6.28. The number of carboxylic acids is 1. The van der Waals surface area contributed by atoms with Crippen LogP contribution in [0, 0.1) is 0 Å². The van der Waals surface area contributed by atoms with E-state index in [4.69, 9.17) is 0 Å². The van der Waals surface area contributed by atoms with E-state index in [9.17, 15) is 9.90 Å². The SMILES string of the molecule is CN(c1cc(C(=O)O)cc(C(C)(C)C)n1)C1CC1. The first kappa shape index (κ1) is 12.9. The van der Waals surface area contributed by atoms with Gasteiger partial charge in [-0.05, 0) is 25.0 Å². The Hall–Kier alpha value is -1.58. The molecule has 0 amide bonds. The van der Waals surface area contributed by atoms with Gasteiger partial charge in [0.25, 0.3) is 0 Å². The number of carboxylic acid groups (broad SMARTS) is 1. The number of rotatable bonds is 3. The van der Waals surface area contributed by atoms with Crippen LogP contribution in [0.3, 0.4) is 0 Å². The normalized spacial score (nSPS) is 15.6. The molecule has 1 aromatic rings. The molecular weight excluding hydrogens is 228 g/mol. The van der Waals surface area contributed by atoms with Crippen molar-refractivity contribution in [1.29, 1.82) is 0 Å². The molecule has 0 unspecified atom stereocenters. The minimum atomic E-state index is -0.895. The number of pyridine rings is 1. The summed E-state index contributed by atoms with van der Waals surface area (Å²) >= 11 is 0. The zero-order valence-electron chi connectivity index (χ0n) is 11.4. The third-order valence-electron chi connectivity index (χ3n) is 3.28. The predicted molar refractivity (Wildman–Crippen MR) is 71.3 cm³/mol. The highest BCUT2D eigenvalue weighted by Gasteiger charge is 2.28. The summed E-state index contributed by atoms with van der Waals surface area (Å²) in [6.07, 6.45) is 2.33. The van der Waals surface area contributed by atoms with Gasteiger partial charge in [-0.15, -0.1) is 0 Å². The number of aromatic carboxylic acids is 1. The number of carbonyl (C=O) groups is 1. The number of anilines is 1. The maximum atomic E-state index is 11.2. The summed E-state index contributed by atoms with van der Waals surface area (Å²) in [5, 5.41) is 9.19. The van der Waals surface area contributed by atoms with Crippen LogP contribution < -0.4 is 4.90 Å². The summed E-state index contributed by atoms with van der Waals surface area (Å²) in [4.78, 5) is 17.9. The highest BCUT2D eigenvalue weighted by molar-refractivity contribution is 5.88. The van der Waals surface area contributed by atoms with Crippen molar-refractivity contribution in [2.45, 2.75) is 45.1 Å². The Morgan fingerprint density at radius 2 is 2.00 bits per heavy atom. The second kappa shape index (κ2) is 4.26. The zero-order valence-corrected chi connectivity index (χ0v) is 11.4. The minimum Gasteiger partial charge on any atom is -0.478 e. The van der Waals surface area contributed by atoms with Crippen molar-refractivity contribution in [2.75, 3.05) is 11.9 Å². The first-order valence-electron chi connectivity index (χ1n) is 6.28. The van der Waals surface area contributed by atoms with Gasteiger partial charge in [-0.25, -0.2) is 9.78 Å². The van der Waals surface area contributed by atoms with Crippen LogP contribution in [0.2, 0.25) is 0 Å². The van der Waals surface area contributed by atoms with E-state index in [1.807, 2.05) is 27.8 Å². The molecule has 0 saturated heterocycles. The molecule has 0 aromatic carbocycles. The molecule has 98 valence electrons. The van der Waals surface area contributed by atoms with Gasteiger partial charge < -0.3 is 10.0 Å². The van der Waals surface area contributed by atoms with Crippen LogP contribution in [0.4, 0.5) is 5.82 Å². The van der Waals surface area contributed by atoms with Crippen LogP contribution in [-0.4, -0.2) is 29.1 Å². The average Bonchev–Trinajstić information content (AvgIpc) is 3.10. The molecule has 2 rings (SSSR count). The van der Waals surface area contributed by atoms with Crippen LogP contribution in [0.5, 0.6) is 0 Å². The van der Waals surface area contributed by atoms with Gasteiger partial charge in [-0.1, -0.05) is 20.8 Å². The van der Waals surface area contributed by atoms with Crippen molar-refractivity contribution >= 4 is 11.8 Å². The first-order chi connectivity index (χ1) is 8.29. The minimum absolute atomic E-state index is 0.148. The topological polar surface area (TPSA) is 53.4 Å². The number of hydrogen-bond acceptors (Lipinski definition) is 3. The van der Waals surface area contributed by atoms with Crippen molar-refractivity contribution in [1.82, 2.24) is 4.98 Å². The van der Waals surface area contributed by atoms with Crippen molar-refractivity contribution in [3.63, 3.8) is 0 Å². The van der Waals surface area contributed by atoms with Crippen molar-refractivity contribution in [3.8, 4) is 0 Å². The predicted octanol–water partition coefficient (Wildman–Crippen LogP) is 2.68. The van der Waals surface area contributed by atoms with E-state index in [1.54, 1.807) is 12.1 Å². The van der Waals surface area contributed by atoms with Crippen LogP contribution in [0.15, 0.2) is 12.1 Å². The standard InChI is InChI=1S/C14H20N2O2/c1-14(2,3)11-7-9(13(17)18)8-12(15-11)16(4)10-5-6-10/h7-8,10H,5-6H2,1-4H3,(H,17,18). The van der Waals surface area contributed by atoms with E-state index in [-0.39, 0.29) is 5.41 Å². The molecular formula is C14H20N2O2. The molecule has 1 aliphatic rings. The second-order valence-corrected chi connectivity index (χ2v) is 6.00. The molecule has 1 N–H and O–H groups in total. The molecule has 0 aliphatic heterocycles. The van der Waals surface area contributed by atoms with Gasteiger partial charge in [0.2, 0.25) is 0 Å². The summed E-state index contributed by atoms with van der Waals surface area (Å²) in [7, 11) is 1.98. The van der Waals surface area contributed by atoms with Gasteiger partial charge >= 0.3 is 5.97 Å². The molecule has 1 heterocycles. The Morgan fingerprint density at radius 1 is 1.39 bits per heavy atom. The van der Waals surface area contributed by atoms with E-state index in [2.05, 4.69) is 9.88 Å². The molecule has 4 nitrogen and oxygen atoms in total. The maximum absolute atomic E-state index is 11.2. The Bertz CT molecular complexity index is 473. The quantitative estimate of drug-likeness (QED) is 0.893. The van der Waals surface area contributed by atoms with E-state index < -0.39 is 5.97 Å². The van der Waals surface area contributed by atoms with Crippen molar-refractivity contribution in [2.24, 2.45) is 0 Å². The van der Waals surface area contributed by atoms with Crippen LogP contribution in [0.25, 0.3) is 0 Å². The third-order valence-corrected chi connectivity index (χ3v) is 3.28. The molecule has 18 heavy (non-hydrogen) atoms. The molecule has 1 fully saturated rings. The highest BCUT2D eigenvalue weighted by atomic mass is 16.4. The summed E-state index contributed by atoms with van der Waals surface area (Å²) in [5.74, 6) is -0.129. The summed E-state index contributed by atoms with van der Waals surface area (Å²) in [6, 6.07) is 3.86. The lowest BCUT2D eigenvalue weighted by molar-refractivity contribution is 0.0696. The summed E-state index contributed by atoms with van der Waals surface area (Å²) in [5.41, 5.74) is 0.993. The molecule has 1 aliphatic carbocycles. The summed E-state index contributed by atoms with van der Waals surface area (Å²) in [6.45, 7) is 6.13. The lowest BCUT2D eigenvalue weighted by Gasteiger charge is -2.23. The van der Waals surface area contributed by atoms with Gasteiger partial charge in [0, 0.05) is 24.2 Å². The third kappa shape index (κ3) is 2.63. The maximum Gasteiger partial charge on any atom is 0.335 e. The molecule has 0 spiro atoms. The van der Waals surface area contributed by atoms with Gasteiger partial charge in [-0.3, -0.25) is 0 Å². The lowest BCUT2D eigenvalue weighted by Crippen LogP contribution is -2.24. The number of hydrogen-bond donors (Lipinski definition) is 1. The van der Waals surface area contributed by atoms with E-state index in [0.29, 0.717) is 11.6 Å². The molecule has 0 atom stereocenters. The Balaban J connectivity index is 2.45. The second-order valence-electron chi connectivity index (χ2n) is 6.00. The number of aromatic nitrogens is 1. The fourth-order valence-corrected chi connectivity index (χ4v) is 1.85. The van der Waals surface area contributed by atoms with Gasteiger partial charge in [0.05, 0.1) is 5.56 Å². The molecule has 0 radical (unpaired) electrons. The molecule has 4 heteroatoms. The molecule has 0 bridgehead atoms. The van der Waals surface area contributed by atoms with Crippen molar-refractivity contribution in [3.05, 3.63) is 23.4 Å².